The minimum atomic E-state index is 0.0257. The monoisotopic (exact) mass is 403 g/mol. The van der Waals surface area contributed by atoms with Gasteiger partial charge in [0.1, 0.15) is 5.69 Å². The van der Waals surface area contributed by atoms with E-state index < -0.39 is 0 Å². The molecule has 2 aliphatic rings. The summed E-state index contributed by atoms with van der Waals surface area (Å²) in [5.41, 5.74) is 2.74. The number of fused-ring (bicyclic) bond motifs is 2. The molecule has 0 spiro atoms. The Balaban J connectivity index is 1.46. The lowest BCUT2D eigenvalue weighted by molar-refractivity contribution is 0.0575. The number of amides is 1. The molecule has 2 N–H and O–H groups in total. The van der Waals surface area contributed by atoms with Gasteiger partial charge in [0.05, 0.1) is 0 Å². The van der Waals surface area contributed by atoms with Gasteiger partial charge in [-0.3, -0.25) is 4.79 Å². The van der Waals surface area contributed by atoms with Gasteiger partial charge in [0, 0.05) is 28.0 Å². The number of H-pyrrole nitrogens is 1. The van der Waals surface area contributed by atoms with Crippen LogP contribution in [0.2, 0.25) is 0 Å². The number of rotatable bonds is 3. The zero-order valence-corrected chi connectivity index (χ0v) is 16.4. The molecule has 0 radical (unpaired) electrons. The van der Waals surface area contributed by atoms with Crippen LogP contribution in [0.5, 0.6) is 0 Å². The third-order valence-corrected chi connectivity index (χ3v) is 6.49. The first-order valence-corrected chi connectivity index (χ1v) is 10.2. The molecule has 2 aromatic rings. The van der Waals surface area contributed by atoms with Gasteiger partial charge >= 0.3 is 0 Å². The second kappa shape index (κ2) is 7.12. The molecule has 2 aliphatic heterocycles. The van der Waals surface area contributed by atoms with E-state index in [4.69, 9.17) is 0 Å². The molecular weight excluding hydrogens is 378 g/mol. The number of hydrogen-bond acceptors (Lipinski definition) is 2. The van der Waals surface area contributed by atoms with Gasteiger partial charge in [-0.05, 0) is 75.4 Å². The van der Waals surface area contributed by atoms with Crippen LogP contribution in [0, 0.1) is 12.8 Å². The molecule has 0 aliphatic carbocycles. The largest absolute Gasteiger partial charge is 0.350 e. The van der Waals surface area contributed by atoms with Gasteiger partial charge in [0.2, 0.25) is 0 Å². The molecule has 1 amide bonds. The second-order valence-corrected chi connectivity index (χ2v) is 8.44. The number of nitrogens with zero attached hydrogens (tertiary/aromatic N) is 1. The first kappa shape index (κ1) is 17.1. The Bertz CT molecular complexity index is 783. The number of aryl methyl sites for hydroxylation is 1. The van der Waals surface area contributed by atoms with Gasteiger partial charge in [0.15, 0.2) is 0 Å². The molecule has 0 bridgehead atoms. The Hall–Kier alpha value is -1.33. The van der Waals surface area contributed by atoms with Crippen LogP contribution in [-0.2, 0) is 0 Å². The quantitative estimate of drug-likeness (QED) is 0.804. The van der Waals surface area contributed by atoms with Crippen molar-refractivity contribution in [3.63, 3.8) is 0 Å². The molecule has 4 rings (SSSR count). The number of carbonyl (C=O) groups excluding carboxylic acids is 1. The maximum absolute atomic E-state index is 12.8. The molecule has 0 saturated carbocycles. The summed E-state index contributed by atoms with van der Waals surface area (Å²) in [4.78, 5) is 18.7. The number of nitrogens with one attached hydrogen (secondary N) is 2. The van der Waals surface area contributed by atoms with Crippen LogP contribution in [-0.4, -0.2) is 41.5 Å². The van der Waals surface area contributed by atoms with Crippen molar-refractivity contribution < 1.29 is 4.79 Å². The van der Waals surface area contributed by atoms with E-state index in [0.717, 1.165) is 27.5 Å². The summed E-state index contributed by atoms with van der Waals surface area (Å²) < 4.78 is 1.04. The summed E-state index contributed by atoms with van der Waals surface area (Å²) in [6, 6.07) is 6.76. The van der Waals surface area contributed by atoms with Crippen molar-refractivity contribution in [2.45, 2.75) is 45.1 Å². The Kier molecular flexibility index (Phi) is 4.87. The number of hydrogen-bond donors (Lipinski definition) is 2. The van der Waals surface area contributed by atoms with E-state index in [2.05, 4.69) is 37.2 Å². The van der Waals surface area contributed by atoms with Gasteiger partial charge in [-0.2, -0.15) is 0 Å². The fourth-order valence-electron chi connectivity index (χ4n) is 4.65. The summed E-state index contributed by atoms with van der Waals surface area (Å²) >= 11 is 3.51. The molecule has 5 heteroatoms. The Morgan fingerprint density at radius 2 is 2.12 bits per heavy atom. The lowest BCUT2D eigenvalue weighted by Gasteiger charge is -2.44. The van der Waals surface area contributed by atoms with E-state index in [1.165, 1.54) is 45.2 Å². The van der Waals surface area contributed by atoms with Crippen molar-refractivity contribution in [2.24, 2.45) is 5.92 Å². The topological polar surface area (TPSA) is 48.1 Å². The standard InChI is InChI=1S/C20H26BrN3O/c1-13-16-11-15(21)7-8-17(16)23-19(13)20(25)22-12-14-5-4-10-24-9-3-2-6-18(14)24/h7-8,11,14,18,23H,2-6,9-10,12H2,1H3,(H,22,25)/t14-,18-/m0/s1. The highest BCUT2D eigenvalue weighted by molar-refractivity contribution is 9.10. The third kappa shape index (κ3) is 3.36. The summed E-state index contributed by atoms with van der Waals surface area (Å²) in [7, 11) is 0. The average Bonchev–Trinajstić information content (AvgIpc) is 2.96. The van der Waals surface area contributed by atoms with Crippen LogP contribution in [0.3, 0.4) is 0 Å². The minimum Gasteiger partial charge on any atom is -0.350 e. The molecule has 0 unspecified atom stereocenters. The summed E-state index contributed by atoms with van der Waals surface area (Å²) in [5, 5.41) is 4.32. The zero-order valence-electron chi connectivity index (χ0n) is 14.8. The van der Waals surface area contributed by atoms with Crippen molar-refractivity contribution in [2.75, 3.05) is 19.6 Å². The van der Waals surface area contributed by atoms with Crippen LogP contribution in [0.1, 0.15) is 48.2 Å². The minimum absolute atomic E-state index is 0.0257. The smallest absolute Gasteiger partial charge is 0.268 e. The van der Waals surface area contributed by atoms with Crippen LogP contribution >= 0.6 is 15.9 Å². The van der Waals surface area contributed by atoms with E-state index in [1.807, 2.05) is 19.1 Å². The number of aromatic amines is 1. The number of benzene rings is 1. The van der Waals surface area contributed by atoms with Crippen molar-refractivity contribution in [1.82, 2.24) is 15.2 Å². The van der Waals surface area contributed by atoms with Crippen molar-refractivity contribution in [3.05, 3.63) is 33.9 Å². The summed E-state index contributed by atoms with van der Waals surface area (Å²) in [5.74, 6) is 0.620. The molecule has 2 atom stereocenters. The van der Waals surface area contributed by atoms with Gasteiger partial charge < -0.3 is 15.2 Å². The second-order valence-electron chi connectivity index (χ2n) is 7.53. The normalized spacial score (nSPS) is 24.2. The van der Waals surface area contributed by atoms with Crippen molar-refractivity contribution in [1.29, 1.82) is 0 Å². The SMILES string of the molecule is Cc1c(C(=O)NC[C@@H]2CCCN3CCCC[C@@H]23)[nH]c2ccc(Br)cc12. The Morgan fingerprint density at radius 3 is 3.00 bits per heavy atom. The molecule has 3 heterocycles. The fourth-order valence-corrected chi connectivity index (χ4v) is 5.01. The Morgan fingerprint density at radius 1 is 1.28 bits per heavy atom. The van der Waals surface area contributed by atoms with Crippen molar-refractivity contribution in [3.8, 4) is 0 Å². The third-order valence-electron chi connectivity index (χ3n) is 6.00. The molecule has 134 valence electrons. The van der Waals surface area contributed by atoms with E-state index in [1.54, 1.807) is 0 Å². The Labute approximate surface area is 157 Å². The highest BCUT2D eigenvalue weighted by Gasteiger charge is 2.33. The zero-order chi connectivity index (χ0) is 17.4. The molecule has 2 fully saturated rings. The molecule has 2 saturated heterocycles. The highest BCUT2D eigenvalue weighted by atomic mass is 79.9. The fraction of sp³-hybridized carbons (Fsp3) is 0.550. The lowest BCUT2D eigenvalue weighted by Crippen LogP contribution is -2.51. The predicted octanol–water partition coefficient (Wildman–Crippen LogP) is 4.23. The van der Waals surface area contributed by atoms with Crippen molar-refractivity contribution >= 4 is 32.7 Å². The van der Waals surface area contributed by atoms with Crippen LogP contribution in [0.15, 0.2) is 22.7 Å². The number of piperidine rings is 2. The van der Waals surface area contributed by atoms with E-state index >= 15 is 0 Å². The highest BCUT2D eigenvalue weighted by Crippen LogP contribution is 2.30. The number of aromatic nitrogens is 1. The van der Waals surface area contributed by atoms with E-state index in [-0.39, 0.29) is 5.91 Å². The number of carbonyl (C=O) groups is 1. The molecular formula is C20H26BrN3O. The van der Waals surface area contributed by atoms with Gasteiger partial charge in [-0.25, -0.2) is 0 Å². The molecule has 25 heavy (non-hydrogen) atoms. The first-order chi connectivity index (χ1) is 12.1. The maximum atomic E-state index is 12.8. The van der Waals surface area contributed by atoms with Crippen LogP contribution in [0.25, 0.3) is 10.9 Å². The summed E-state index contributed by atoms with van der Waals surface area (Å²) in [6.07, 6.45) is 6.46. The molecule has 1 aromatic carbocycles. The first-order valence-electron chi connectivity index (χ1n) is 9.43. The maximum Gasteiger partial charge on any atom is 0.268 e. The van der Waals surface area contributed by atoms with Crippen LogP contribution < -0.4 is 5.32 Å². The summed E-state index contributed by atoms with van der Waals surface area (Å²) in [6.45, 7) is 5.29. The number of halogens is 1. The predicted molar refractivity (Wildman–Crippen MR) is 105 cm³/mol. The van der Waals surface area contributed by atoms with E-state index in [9.17, 15) is 4.79 Å². The van der Waals surface area contributed by atoms with Crippen LogP contribution in [0.4, 0.5) is 0 Å². The van der Waals surface area contributed by atoms with Gasteiger partial charge in [0.25, 0.3) is 5.91 Å². The van der Waals surface area contributed by atoms with Gasteiger partial charge in [-0.1, -0.05) is 22.4 Å². The van der Waals surface area contributed by atoms with E-state index in [0.29, 0.717) is 17.7 Å². The van der Waals surface area contributed by atoms with Gasteiger partial charge in [-0.15, -0.1) is 0 Å². The average molecular weight is 404 g/mol. The molecule has 1 aromatic heterocycles. The lowest BCUT2D eigenvalue weighted by atomic mass is 9.83. The molecule has 4 nitrogen and oxygen atoms in total.